The number of guanidine groups is 1. The number of hydrogen-bond acceptors (Lipinski definition) is 5. The zero-order valence-electron chi connectivity index (χ0n) is 22.2. The van der Waals surface area contributed by atoms with E-state index in [4.69, 9.17) is 10.5 Å². The van der Waals surface area contributed by atoms with E-state index in [0.717, 1.165) is 30.0 Å². The van der Waals surface area contributed by atoms with Gasteiger partial charge in [0.2, 0.25) is 16.8 Å². The van der Waals surface area contributed by atoms with Gasteiger partial charge in [0.1, 0.15) is 6.04 Å². The van der Waals surface area contributed by atoms with Crippen LogP contribution in [-0.4, -0.2) is 46.4 Å². The Labute approximate surface area is 229 Å². The number of halogens is 1. The lowest BCUT2D eigenvalue weighted by molar-refractivity contribution is -0.123. The molecule has 39 heavy (non-hydrogen) atoms. The van der Waals surface area contributed by atoms with Gasteiger partial charge in [0.25, 0.3) is 5.91 Å². The Morgan fingerprint density at radius 2 is 1.90 bits per heavy atom. The third-order valence-electron chi connectivity index (χ3n) is 6.74. The quantitative estimate of drug-likeness (QED) is 0.187. The van der Waals surface area contributed by atoms with Gasteiger partial charge in [-0.3, -0.25) is 13.9 Å². The SMILES string of the molecule is COc1cc(CNC(=O)[C@@H](CC2CCCCC2)NC(N)=NC(=O)Cc2cccc(N(C)[SH](=O)=O)c2)ccc1F. The molecule has 4 N–H and O–H groups in total. The van der Waals surface area contributed by atoms with Crippen molar-refractivity contribution in [3.05, 3.63) is 59.4 Å². The summed E-state index contributed by atoms with van der Waals surface area (Å²) >= 11 is 0. The first kappa shape index (κ1) is 29.9. The number of ether oxygens (including phenoxy) is 1. The molecule has 0 saturated heterocycles. The highest BCUT2D eigenvalue weighted by Crippen LogP contribution is 2.27. The number of benzene rings is 2. The van der Waals surface area contributed by atoms with Gasteiger partial charge in [0, 0.05) is 13.6 Å². The number of carbonyl (C=O) groups is 2. The predicted molar refractivity (Wildman–Crippen MR) is 148 cm³/mol. The molecule has 0 aliphatic heterocycles. The summed E-state index contributed by atoms with van der Waals surface area (Å²) in [7, 11) is -0.0140. The molecule has 1 saturated carbocycles. The van der Waals surface area contributed by atoms with Crippen LogP contribution < -0.4 is 25.4 Å². The number of nitrogens with two attached hydrogens (primary N) is 1. The monoisotopic (exact) mass is 561 g/mol. The van der Waals surface area contributed by atoms with E-state index in [1.165, 1.54) is 32.7 Å². The van der Waals surface area contributed by atoms with Crippen molar-refractivity contribution in [2.75, 3.05) is 18.5 Å². The molecule has 0 aromatic heterocycles. The van der Waals surface area contributed by atoms with Crippen LogP contribution in [0.3, 0.4) is 0 Å². The number of nitrogens with zero attached hydrogens (tertiary/aromatic N) is 2. The lowest BCUT2D eigenvalue weighted by Crippen LogP contribution is -2.50. The van der Waals surface area contributed by atoms with E-state index in [0.29, 0.717) is 29.2 Å². The van der Waals surface area contributed by atoms with Gasteiger partial charge in [-0.25, -0.2) is 12.8 Å². The number of carbonyl (C=O) groups excluding carboxylic acids is 2. The van der Waals surface area contributed by atoms with Gasteiger partial charge in [-0.2, -0.15) is 4.99 Å². The van der Waals surface area contributed by atoms with Crippen LogP contribution in [0, 0.1) is 11.7 Å². The normalized spacial score (nSPS) is 15.0. The van der Waals surface area contributed by atoms with Gasteiger partial charge in [0.05, 0.1) is 19.2 Å². The number of hydrogen-bond donors (Lipinski definition) is 4. The van der Waals surface area contributed by atoms with Crippen molar-refractivity contribution in [3.63, 3.8) is 0 Å². The second-order valence-corrected chi connectivity index (χ2v) is 10.7. The maximum Gasteiger partial charge on any atom is 0.253 e. The van der Waals surface area contributed by atoms with E-state index in [-0.39, 0.29) is 30.6 Å². The topological polar surface area (TPSA) is 143 Å². The zero-order chi connectivity index (χ0) is 28.4. The number of rotatable bonds is 11. The van der Waals surface area contributed by atoms with E-state index < -0.39 is 28.7 Å². The number of methoxy groups -OCH3 is 1. The molecule has 0 heterocycles. The molecule has 0 spiro atoms. The first-order valence-electron chi connectivity index (χ1n) is 12.9. The van der Waals surface area contributed by atoms with Gasteiger partial charge in [-0.15, -0.1) is 0 Å². The average molecular weight is 562 g/mol. The molecular weight excluding hydrogens is 525 g/mol. The van der Waals surface area contributed by atoms with Crippen LogP contribution in [0.2, 0.25) is 0 Å². The van der Waals surface area contributed by atoms with Gasteiger partial charge in [-0.1, -0.05) is 50.3 Å². The van der Waals surface area contributed by atoms with E-state index in [1.54, 1.807) is 30.3 Å². The van der Waals surface area contributed by atoms with Crippen molar-refractivity contribution in [1.29, 1.82) is 0 Å². The molecule has 2 aromatic rings. The predicted octanol–water partition coefficient (Wildman–Crippen LogP) is 2.43. The Morgan fingerprint density at radius 1 is 1.15 bits per heavy atom. The second kappa shape index (κ2) is 14.5. The highest BCUT2D eigenvalue weighted by Gasteiger charge is 2.25. The highest BCUT2D eigenvalue weighted by molar-refractivity contribution is 7.74. The Kier molecular flexibility index (Phi) is 11.1. The average Bonchev–Trinajstić information content (AvgIpc) is 2.92. The van der Waals surface area contributed by atoms with E-state index in [2.05, 4.69) is 15.6 Å². The molecule has 2 aromatic carbocycles. The smallest absolute Gasteiger partial charge is 0.253 e. The first-order valence-corrected chi connectivity index (χ1v) is 14.0. The molecule has 0 radical (unpaired) electrons. The van der Waals surface area contributed by atoms with Crippen LogP contribution in [-0.2, 0) is 33.4 Å². The van der Waals surface area contributed by atoms with E-state index >= 15 is 0 Å². The molecule has 1 aliphatic carbocycles. The fourth-order valence-corrected chi connectivity index (χ4v) is 4.95. The van der Waals surface area contributed by atoms with E-state index in [9.17, 15) is 22.4 Å². The van der Waals surface area contributed by atoms with Crippen molar-refractivity contribution >= 4 is 34.4 Å². The number of thiol groups is 1. The third kappa shape index (κ3) is 9.24. The molecule has 3 rings (SSSR count). The minimum atomic E-state index is -2.80. The summed E-state index contributed by atoms with van der Waals surface area (Å²) < 4.78 is 42.3. The minimum Gasteiger partial charge on any atom is -0.494 e. The highest BCUT2D eigenvalue weighted by atomic mass is 32.2. The Morgan fingerprint density at radius 3 is 2.59 bits per heavy atom. The molecule has 0 unspecified atom stereocenters. The Balaban J connectivity index is 1.67. The standard InChI is InChI=1S/C27H36FN5O5S/c1-33(39(36)37)21-10-6-9-19(13-21)16-25(34)32-27(29)31-23(14-18-7-4-3-5-8-18)26(35)30-17-20-11-12-22(28)24(15-20)38-2/h6,9-13,15,18,23,39H,3-5,7-8,14,16-17H2,1-2H3,(H,30,35)(H3,29,31,32,34)/t23-/m1/s1. The van der Waals surface area contributed by atoms with Crippen LogP contribution in [0.4, 0.5) is 10.1 Å². The van der Waals surface area contributed by atoms with Crippen LogP contribution in [0.1, 0.15) is 49.7 Å². The summed E-state index contributed by atoms with van der Waals surface area (Å²) in [6.45, 7) is 0.161. The zero-order valence-corrected chi connectivity index (χ0v) is 23.1. The molecule has 1 atom stereocenters. The molecule has 1 fully saturated rings. The number of anilines is 1. The summed E-state index contributed by atoms with van der Waals surface area (Å²) in [6, 6.07) is 10.2. The number of nitrogens with one attached hydrogen (secondary N) is 2. The third-order valence-corrected chi connectivity index (χ3v) is 7.47. The summed E-state index contributed by atoms with van der Waals surface area (Å²) in [5, 5.41) is 5.77. The maximum absolute atomic E-state index is 13.7. The maximum atomic E-state index is 13.7. The summed E-state index contributed by atoms with van der Waals surface area (Å²) in [6.07, 6.45) is 5.84. The van der Waals surface area contributed by atoms with Crippen LogP contribution >= 0.6 is 0 Å². The summed E-state index contributed by atoms with van der Waals surface area (Å²) in [5.41, 5.74) is 7.71. The van der Waals surface area contributed by atoms with Crippen molar-refractivity contribution < 1.29 is 27.1 Å². The summed E-state index contributed by atoms with van der Waals surface area (Å²) in [4.78, 5) is 29.7. The van der Waals surface area contributed by atoms with Crippen molar-refractivity contribution in [2.24, 2.45) is 16.6 Å². The van der Waals surface area contributed by atoms with Gasteiger partial charge in [-0.05, 0) is 47.7 Å². The number of amides is 2. The van der Waals surface area contributed by atoms with Crippen LogP contribution in [0.25, 0.3) is 0 Å². The van der Waals surface area contributed by atoms with Gasteiger partial charge in [0.15, 0.2) is 17.5 Å². The lowest BCUT2D eigenvalue weighted by atomic mass is 9.84. The first-order chi connectivity index (χ1) is 18.7. The lowest BCUT2D eigenvalue weighted by Gasteiger charge is -2.27. The van der Waals surface area contributed by atoms with Crippen molar-refractivity contribution in [3.8, 4) is 5.75 Å². The largest absolute Gasteiger partial charge is 0.494 e. The summed E-state index contributed by atoms with van der Waals surface area (Å²) in [5.74, 6) is -1.08. The Bertz CT molecular complexity index is 1250. The van der Waals surface area contributed by atoms with Gasteiger partial charge < -0.3 is 21.1 Å². The molecule has 10 nitrogen and oxygen atoms in total. The molecule has 2 amide bonds. The van der Waals surface area contributed by atoms with Crippen molar-refractivity contribution in [2.45, 2.75) is 57.5 Å². The van der Waals surface area contributed by atoms with Crippen LogP contribution in [0.5, 0.6) is 5.75 Å². The second-order valence-electron chi connectivity index (χ2n) is 9.62. The van der Waals surface area contributed by atoms with Gasteiger partial charge >= 0.3 is 0 Å². The van der Waals surface area contributed by atoms with E-state index in [1.807, 2.05) is 0 Å². The Hall–Kier alpha value is -3.67. The molecular formula is C27H36FN5O5S. The number of aliphatic imine (C=N–C) groups is 1. The molecule has 12 heteroatoms. The molecule has 1 aliphatic rings. The van der Waals surface area contributed by atoms with Crippen molar-refractivity contribution in [1.82, 2.24) is 10.6 Å². The molecule has 212 valence electrons. The fourth-order valence-electron chi connectivity index (χ4n) is 4.64. The fraction of sp³-hybridized carbons (Fsp3) is 0.444. The van der Waals surface area contributed by atoms with Crippen LogP contribution in [0.15, 0.2) is 47.5 Å². The molecule has 0 bridgehead atoms. The minimum absolute atomic E-state index is 0.0903.